The van der Waals surface area contributed by atoms with E-state index < -0.39 is 0 Å². The number of hydrogen-bond acceptors (Lipinski definition) is 1. The summed E-state index contributed by atoms with van der Waals surface area (Å²) in [5.74, 6) is 0.879. The maximum absolute atomic E-state index is 5.36. The van der Waals surface area contributed by atoms with Crippen LogP contribution in [0.1, 0.15) is 5.56 Å². The van der Waals surface area contributed by atoms with Gasteiger partial charge in [0.05, 0.1) is 0 Å². The highest BCUT2D eigenvalue weighted by molar-refractivity contribution is 6.25. The van der Waals surface area contributed by atoms with E-state index in [1.165, 1.54) is 11.1 Å². The average Bonchev–Trinajstić information content (AvgIpc) is 2.05. The van der Waals surface area contributed by atoms with Crippen molar-refractivity contribution in [3.8, 4) is 5.75 Å². The van der Waals surface area contributed by atoms with Gasteiger partial charge in [-0.15, -0.1) is 0 Å². The second-order valence-electron chi connectivity index (χ2n) is 2.49. The molecule has 0 fully saturated rings. The number of ether oxygens (including phenoxy) is 1. The fourth-order valence-electron chi connectivity index (χ4n) is 0.886. The number of benzene rings is 1. The summed E-state index contributed by atoms with van der Waals surface area (Å²) in [5.41, 5.74) is 2.65. The van der Waals surface area contributed by atoms with Crippen LogP contribution in [0, 0.1) is 6.92 Å². The summed E-state index contributed by atoms with van der Waals surface area (Å²) >= 11 is 5.34. The zero-order valence-electron chi connectivity index (χ0n) is 6.96. The lowest BCUT2D eigenvalue weighted by atomic mass is 10.2. The molecule has 0 radical (unpaired) electrons. The first-order valence-electron chi connectivity index (χ1n) is 3.77. The first-order chi connectivity index (χ1) is 5.83. The minimum Gasteiger partial charge on any atom is -0.489 e. The van der Waals surface area contributed by atoms with Crippen molar-refractivity contribution in [2.45, 2.75) is 6.92 Å². The molecule has 0 bridgehead atoms. The van der Waals surface area contributed by atoms with E-state index in [4.69, 9.17) is 16.3 Å². The Hall–Kier alpha value is -0.950. The molecule has 0 aliphatic rings. The van der Waals surface area contributed by atoms with E-state index >= 15 is 0 Å². The summed E-state index contributed by atoms with van der Waals surface area (Å²) in [4.78, 5) is 0. The fraction of sp³-hybridized carbons (Fsp3) is 0.200. The van der Waals surface area contributed by atoms with Crippen molar-refractivity contribution in [2.75, 3.05) is 6.61 Å². The van der Waals surface area contributed by atoms with Gasteiger partial charge >= 0.3 is 0 Å². The molecule has 0 unspecified atom stereocenters. The van der Waals surface area contributed by atoms with Crippen LogP contribution in [0.5, 0.6) is 5.75 Å². The second kappa shape index (κ2) is 4.83. The Labute approximate surface area is 77.6 Å². The van der Waals surface area contributed by atoms with Crippen LogP contribution in [0.3, 0.4) is 0 Å². The Bertz CT molecular complexity index is 268. The summed E-state index contributed by atoms with van der Waals surface area (Å²) in [6.07, 6.45) is 1.75. The summed E-state index contributed by atoms with van der Waals surface area (Å²) in [6, 6.07) is 7.91. The molecule has 64 valence electrons. The average molecular weight is 183 g/mol. The van der Waals surface area contributed by atoms with Crippen LogP contribution in [0.4, 0.5) is 0 Å². The topological polar surface area (TPSA) is 9.23 Å². The quantitative estimate of drug-likeness (QED) is 0.698. The van der Waals surface area contributed by atoms with Gasteiger partial charge in [-0.05, 0) is 30.7 Å². The van der Waals surface area contributed by atoms with E-state index in [0.29, 0.717) is 6.61 Å². The van der Waals surface area contributed by atoms with Gasteiger partial charge in [-0.3, -0.25) is 0 Å². The van der Waals surface area contributed by atoms with E-state index in [9.17, 15) is 0 Å². The second-order valence-corrected chi connectivity index (χ2v) is 2.74. The molecule has 0 aliphatic heterocycles. The molecule has 0 amide bonds. The molecule has 2 heteroatoms. The fourth-order valence-corrected chi connectivity index (χ4v) is 0.959. The van der Waals surface area contributed by atoms with Crippen LogP contribution in [0.25, 0.3) is 0 Å². The van der Waals surface area contributed by atoms with Gasteiger partial charge in [-0.2, -0.15) is 0 Å². The molecule has 0 N–H and O–H groups in total. The van der Waals surface area contributed by atoms with Crippen molar-refractivity contribution >= 4 is 11.6 Å². The Morgan fingerprint density at radius 2 is 2.33 bits per heavy atom. The Kier molecular flexibility index (Phi) is 3.68. The number of rotatable bonds is 3. The largest absolute Gasteiger partial charge is 0.489 e. The smallest absolute Gasteiger partial charge is 0.120 e. The van der Waals surface area contributed by atoms with Crippen LogP contribution in [-0.4, -0.2) is 6.61 Å². The van der Waals surface area contributed by atoms with Gasteiger partial charge in [-0.25, -0.2) is 0 Å². The molecular formula is C10H11ClO. The monoisotopic (exact) mass is 182 g/mol. The van der Waals surface area contributed by atoms with Crippen molar-refractivity contribution in [1.82, 2.24) is 0 Å². The molecular weight excluding hydrogens is 172 g/mol. The molecule has 1 aromatic carbocycles. The lowest BCUT2D eigenvalue weighted by Gasteiger charge is -2.02. The number of aryl methyl sites for hydroxylation is 1. The van der Waals surface area contributed by atoms with Crippen LogP contribution in [0.15, 0.2) is 35.9 Å². The summed E-state index contributed by atoms with van der Waals surface area (Å²) in [7, 11) is 0. The highest BCUT2D eigenvalue weighted by atomic mass is 35.5. The number of hydrogen-bond donors (Lipinski definition) is 0. The van der Waals surface area contributed by atoms with Crippen LogP contribution < -0.4 is 4.74 Å². The highest BCUT2D eigenvalue weighted by Gasteiger charge is 1.90. The Morgan fingerprint density at radius 3 is 3.00 bits per heavy atom. The van der Waals surface area contributed by atoms with Crippen molar-refractivity contribution < 1.29 is 4.74 Å². The Morgan fingerprint density at radius 1 is 1.50 bits per heavy atom. The maximum Gasteiger partial charge on any atom is 0.120 e. The number of halogens is 1. The SMILES string of the molecule is Cc1cccc(OCC=CCl)c1. The molecule has 1 nitrogen and oxygen atoms in total. The highest BCUT2D eigenvalue weighted by Crippen LogP contribution is 2.11. The van der Waals surface area contributed by atoms with Crippen LogP contribution in [0.2, 0.25) is 0 Å². The first kappa shape index (κ1) is 9.14. The van der Waals surface area contributed by atoms with Crippen molar-refractivity contribution in [3.63, 3.8) is 0 Å². The van der Waals surface area contributed by atoms with Gasteiger partial charge < -0.3 is 4.74 Å². The van der Waals surface area contributed by atoms with Crippen molar-refractivity contribution in [3.05, 3.63) is 41.4 Å². The molecule has 1 rings (SSSR count). The van der Waals surface area contributed by atoms with Gasteiger partial charge in [0.15, 0.2) is 0 Å². The maximum atomic E-state index is 5.36. The molecule has 0 saturated heterocycles. The zero-order chi connectivity index (χ0) is 8.81. The van der Waals surface area contributed by atoms with Crippen molar-refractivity contribution in [2.24, 2.45) is 0 Å². The molecule has 0 aromatic heterocycles. The molecule has 12 heavy (non-hydrogen) atoms. The van der Waals surface area contributed by atoms with E-state index in [-0.39, 0.29) is 0 Å². The third-order valence-electron chi connectivity index (χ3n) is 1.42. The lowest BCUT2D eigenvalue weighted by Crippen LogP contribution is -1.92. The third-order valence-corrected chi connectivity index (χ3v) is 1.60. The standard InChI is InChI=1S/C10H11ClO/c1-9-4-2-5-10(8-9)12-7-3-6-11/h2-6,8H,7H2,1H3. The minimum atomic E-state index is 0.521. The summed E-state index contributed by atoms with van der Waals surface area (Å²) in [5, 5.41) is 0. The molecule has 0 aliphatic carbocycles. The van der Waals surface area contributed by atoms with Crippen LogP contribution in [-0.2, 0) is 0 Å². The van der Waals surface area contributed by atoms with Gasteiger partial charge in [0, 0.05) is 5.54 Å². The predicted octanol–water partition coefficient (Wildman–Crippen LogP) is 3.13. The molecule has 0 saturated carbocycles. The molecule has 0 atom stereocenters. The Balaban J connectivity index is 2.52. The summed E-state index contributed by atoms with van der Waals surface area (Å²) in [6.45, 7) is 2.55. The van der Waals surface area contributed by atoms with E-state index in [2.05, 4.69) is 0 Å². The van der Waals surface area contributed by atoms with Gasteiger partial charge in [0.1, 0.15) is 12.4 Å². The third kappa shape index (κ3) is 2.97. The van der Waals surface area contributed by atoms with E-state index in [1.54, 1.807) is 6.08 Å². The molecule has 0 spiro atoms. The lowest BCUT2D eigenvalue weighted by molar-refractivity contribution is 0.363. The van der Waals surface area contributed by atoms with E-state index in [0.717, 1.165) is 5.75 Å². The van der Waals surface area contributed by atoms with Crippen LogP contribution >= 0.6 is 11.6 Å². The molecule has 0 heterocycles. The predicted molar refractivity (Wildman–Crippen MR) is 51.7 cm³/mol. The van der Waals surface area contributed by atoms with Gasteiger partial charge in [0.2, 0.25) is 0 Å². The van der Waals surface area contributed by atoms with Crippen molar-refractivity contribution in [1.29, 1.82) is 0 Å². The van der Waals surface area contributed by atoms with E-state index in [1.807, 2.05) is 31.2 Å². The molecule has 1 aromatic rings. The first-order valence-corrected chi connectivity index (χ1v) is 4.21. The normalized spacial score (nSPS) is 10.5. The summed E-state index contributed by atoms with van der Waals surface area (Å²) < 4.78 is 5.36. The van der Waals surface area contributed by atoms with Gasteiger partial charge in [0.25, 0.3) is 0 Å². The van der Waals surface area contributed by atoms with Gasteiger partial charge in [-0.1, -0.05) is 23.7 Å². The zero-order valence-corrected chi connectivity index (χ0v) is 7.71. The minimum absolute atomic E-state index is 0.521.